The molecule has 0 spiro atoms. The van der Waals surface area contributed by atoms with Crippen LogP contribution in [-0.4, -0.2) is 35.2 Å². The number of hydrogen-bond donors (Lipinski definition) is 3. The molecular formula is C23H29NO5S. The van der Waals surface area contributed by atoms with Crippen LogP contribution in [0.15, 0.2) is 36.4 Å². The molecule has 3 N–H and O–H groups in total. The topological polar surface area (TPSA) is 95.9 Å². The molecule has 6 nitrogen and oxygen atoms in total. The molecule has 0 bridgehead atoms. The molecule has 0 aliphatic carbocycles. The van der Waals surface area contributed by atoms with Crippen LogP contribution in [-0.2, 0) is 15.1 Å². The molecule has 3 rings (SSSR count). The molecule has 7 heteroatoms. The third-order valence-electron chi connectivity index (χ3n) is 5.80. The van der Waals surface area contributed by atoms with Crippen molar-refractivity contribution in [3.05, 3.63) is 57.3 Å². The van der Waals surface area contributed by atoms with Crippen LogP contribution in [0, 0.1) is 0 Å². The maximum Gasteiger partial charge on any atom is 0.345 e. The third kappa shape index (κ3) is 4.43. The smallest absolute Gasteiger partial charge is 0.345 e. The number of amides is 1. The Balaban J connectivity index is 1.97. The number of thiophene rings is 1. The number of nitrogens with one attached hydrogen (secondary N) is 1. The first kappa shape index (κ1) is 22.5. The summed E-state index contributed by atoms with van der Waals surface area (Å²) in [4.78, 5) is 24.4. The quantitative estimate of drug-likeness (QED) is 0.489. The van der Waals surface area contributed by atoms with Crippen LogP contribution >= 0.6 is 11.3 Å². The Labute approximate surface area is 180 Å². The van der Waals surface area contributed by atoms with E-state index in [4.69, 9.17) is 4.74 Å². The lowest BCUT2D eigenvalue weighted by atomic mass is 9.83. The second-order valence-corrected chi connectivity index (χ2v) is 8.78. The lowest BCUT2D eigenvalue weighted by Gasteiger charge is -2.37. The van der Waals surface area contributed by atoms with Crippen LogP contribution < -0.4 is 5.32 Å². The van der Waals surface area contributed by atoms with E-state index < -0.39 is 17.7 Å². The molecule has 1 fully saturated rings. The van der Waals surface area contributed by atoms with E-state index in [1.807, 2.05) is 24.3 Å². The van der Waals surface area contributed by atoms with Gasteiger partial charge in [-0.05, 0) is 36.1 Å². The number of carbonyl (C=O) groups is 2. The number of benzene rings is 1. The molecule has 3 atom stereocenters. The van der Waals surface area contributed by atoms with Crippen molar-refractivity contribution in [3.63, 3.8) is 0 Å². The van der Waals surface area contributed by atoms with E-state index in [2.05, 4.69) is 12.2 Å². The Morgan fingerprint density at radius 2 is 2.00 bits per heavy atom. The first-order valence-corrected chi connectivity index (χ1v) is 11.2. The Kier molecular flexibility index (Phi) is 7.28. The molecule has 2 unspecified atom stereocenters. The van der Waals surface area contributed by atoms with Crippen molar-refractivity contribution in [1.29, 1.82) is 0 Å². The van der Waals surface area contributed by atoms with Gasteiger partial charge in [0.25, 0.3) is 0 Å². The fourth-order valence-corrected chi connectivity index (χ4v) is 5.25. The zero-order valence-corrected chi connectivity index (χ0v) is 18.2. The normalized spacial score (nSPS) is 19.3. The first-order valence-electron chi connectivity index (χ1n) is 10.4. The van der Waals surface area contributed by atoms with E-state index in [1.165, 1.54) is 0 Å². The van der Waals surface area contributed by atoms with E-state index in [0.29, 0.717) is 19.3 Å². The minimum Gasteiger partial charge on any atom is -0.477 e. The number of carboxylic acid groups (broad SMARTS) is 1. The van der Waals surface area contributed by atoms with Gasteiger partial charge in [0.2, 0.25) is 5.91 Å². The molecule has 1 aromatic heterocycles. The number of hydrogen-bond acceptors (Lipinski definition) is 5. The molecule has 2 heterocycles. The maximum absolute atomic E-state index is 12.0. The van der Waals surface area contributed by atoms with Crippen molar-refractivity contribution in [2.75, 3.05) is 7.11 Å². The lowest BCUT2D eigenvalue weighted by Crippen LogP contribution is -2.48. The molecule has 1 aliphatic rings. The molecule has 1 saturated heterocycles. The van der Waals surface area contributed by atoms with E-state index >= 15 is 0 Å². The van der Waals surface area contributed by atoms with Gasteiger partial charge in [0.1, 0.15) is 10.5 Å². The second kappa shape index (κ2) is 9.73. The van der Waals surface area contributed by atoms with Gasteiger partial charge in [0.15, 0.2) is 0 Å². The molecule has 30 heavy (non-hydrogen) atoms. The average molecular weight is 432 g/mol. The largest absolute Gasteiger partial charge is 0.477 e. The molecule has 2 aromatic rings. The Hall–Kier alpha value is -2.22. The number of carboxylic acids is 1. The minimum atomic E-state index is -0.990. The summed E-state index contributed by atoms with van der Waals surface area (Å²) in [7, 11) is 1.58. The van der Waals surface area contributed by atoms with Gasteiger partial charge in [-0.15, -0.1) is 11.3 Å². The first-order chi connectivity index (χ1) is 14.4. The van der Waals surface area contributed by atoms with Crippen LogP contribution in [0.4, 0.5) is 0 Å². The number of carbonyl (C=O) groups excluding carboxylic acids is 1. The van der Waals surface area contributed by atoms with Crippen molar-refractivity contribution in [1.82, 2.24) is 5.32 Å². The molecule has 1 amide bonds. The van der Waals surface area contributed by atoms with Gasteiger partial charge in [-0.2, -0.15) is 0 Å². The molecule has 1 aliphatic heterocycles. The highest BCUT2D eigenvalue weighted by molar-refractivity contribution is 7.14. The van der Waals surface area contributed by atoms with Crippen molar-refractivity contribution >= 4 is 23.2 Å². The predicted molar refractivity (Wildman–Crippen MR) is 116 cm³/mol. The summed E-state index contributed by atoms with van der Waals surface area (Å²) in [6.45, 7) is 2.13. The van der Waals surface area contributed by atoms with Gasteiger partial charge < -0.3 is 20.3 Å². The van der Waals surface area contributed by atoms with E-state index in [9.17, 15) is 19.8 Å². The van der Waals surface area contributed by atoms with Crippen LogP contribution in [0.2, 0.25) is 0 Å². The number of aromatic carboxylic acids is 1. The number of methoxy groups -OCH3 is 1. The van der Waals surface area contributed by atoms with Gasteiger partial charge in [0.05, 0.1) is 12.1 Å². The summed E-state index contributed by atoms with van der Waals surface area (Å²) in [5, 5.41) is 22.8. The van der Waals surface area contributed by atoms with Crippen molar-refractivity contribution in [3.8, 4) is 0 Å². The Morgan fingerprint density at radius 3 is 2.53 bits per heavy atom. The SMILES string of the molecule is CCCCCC(O)c1ccc([C@](OC)(c2ccc(C(=O)O)s2)C2CCC(=O)N2)cc1. The fraction of sp³-hybridized carbons (Fsp3) is 0.478. The standard InChI is InChI=1S/C23H29NO5S/c1-3-4-5-6-17(25)15-7-9-16(10-8-15)23(29-2,19-12-14-21(26)24-19)20-13-11-18(30-20)22(27)28/h7-11,13,17,19,25H,3-6,12,14H2,1-2H3,(H,24,26)(H,27,28)/t17?,19?,23-/m1/s1. The average Bonchev–Trinajstić information content (AvgIpc) is 3.40. The highest BCUT2D eigenvalue weighted by atomic mass is 32.1. The zero-order chi connectivity index (χ0) is 21.7. The Bertz CT molecular complexity index is 878. The van der Waals surface area contributed by atoms with Crippen molar-refractivity contribution < 1.29 is 24.5 Å². The highest BCUT2D eigenvalue weighted by Crippen LogP contribution is 2.43. The predicted octanol–water partition coefficient (Wildman–Crippen LogP) is 4.23. The summed E-state index contributed by atoms with van der Waals surface area (Å²) >= 11 is 1.15. The van der Waals surface area contributed by atoms with Crippen molar-refractivity contribution in [2.45, 2.75) is 63.2 Å². The van der Waals surface area contributed by atoms with Crippen molar-refractivity contribution in [2.24, 2.45) is 0 Å². The lowest BCUT2D eigenvalue weighted by molar-refractivity contribution is -0.120. The summed E-state index contributed by atoms with van der Waals surface area (Å²) < 4.78 is 6.06. The molecule has 1 aromatic carbocycles. The van der Waals surface area contributed by atoms with Gasteiger partial charge >= 0.3 is 5.97 Å². The maximum atomic E-state index is 12.0. The number of aliphatic hydroxyl groups is 1. The van der Waals surface area contributed by atoms with E-state index in [0.717, 1.165) is 46.6 Å². The van der Waals surface area contributed by atoms with Crippen LogP contribution in [0.25, 0.3) is 0 Å². The molecule has 0 radical (unpaired) electrons. The summed E-state index contributed by atoms with van der Waals surface area (Å²) in [5.41, 5.74) is 0.671. The highest BCUT2D eigenvalue weighted by Gasteiger charge is 2.47. The number of ether oxygens (including phenoxy) is 1. The summed E-state index contributed by atoms with van der Waals surface area (Å²) in [6.07, 6.45) is 4.36. The van der Waals surface area contributed by atoms with E-state index in [-0.39, 0.29) is 16.8 Å². The molecule has 0 saturated carbocycles. The number of aliphatic hydroxyl groups excluding tert-OH is 1. The molecular weight excluding hydrogens is 402 g/mol. The van der Waals surface area contributed by atoms with Gasteiger partial charge in [-0.1, -0.05) is 50.5 Å². The van der Waals surface area contributed by atoms with Crippen LogP contribution in [0.1, 0.15) is 77.2 Å². The minimum absolute atomic E-state index is 0.0422. The number of rotatable bonds is 10. The zero-order valence-electron chi connectivity index (χ0n) is 17.4. The fourth-order valence-electron chi connectivity index (χ4n) is 4.15. The number of unbranched alkanes of at least 4 members (excludes halogenated alkanes) is 2. The van der Waals surface area contributed by atoms with Gasteiger partial charge in [-0.3, -0.25) is 4.79 Å². The van der Waals surface area contributed by atoms with Gasteiger partial charge in [-0.25, -0.2) is 4.79 Å². The van der Waals surface area contributed by atoms with Crippen LogP contribution in [0.3, 0.4) is 0 Å². The monoisotopic (exact) mass is 431 g/mol. The van der Waals surface area contributed by atoms with E-state index in [1.54, 1.807) is 19.2 Å². The summed E-state index contributed by atoms with van der Waals surface area (Å²) in [6, 6.07) is 10.6. The van der Waals surface area contributed by atoms with Crippen LogP contribution in [0.5, 0.6) is 0 Å². The molecule has 162 valence electrons. The second-order valence-electron chi connectivity index (χ2n) is 7.70. The Morgan fingerprint density at radius 1 is 1.27 bits per heavy atom. The summed E-state index contributed by atoms with van der Waals surface area (Å²) in [5.74, 6) is -1.03. The third-order valence-corrected chi connectivity index (χ3v) is 6.99. The van der Waals surface area contributed by atoms with Gasteiger partial charge in [0, 0.05) is 18.4 Å².